The number of aliphatic carboxylic acids is 2. The fraction of sp³-hybridized carbons (Fsp3) is 0.312. The SMILES string of the molecule is C=Cc1ncc[nH]1.CCC1C(C(=O)O)=CC=CC1(C)C(=O)O. The van der Waals surface area contributed by atoms with Crippen molar-refractivity contribution in [2.24, 2.45) is 11.3 Å². The van der Waals surface area contributed by atoms with Gasteiger partial charge in [0.15, 0.2) is 0 Å². The zero-order valence-electron chi connectivity index (χ0n) is 12.6. The van der Waals surface area contributed by atoms with Crippen molar-refractivity contribution in [3.63, 3.8) is 0 Å². The highest BCUT2D eigenvalue weighted by molar-refractivity contribution is 5.91. The summed E-state index contributed by atoms with van der Waals surface area (Å²) in [5.74, 6) is -1.69. The predicted octanol–water partition coefficient (Wildman–Crippen LogP) is 2.74. The Morgan fingerprint density at radius 1 is 1.50 bits per heavy atom. The van der Waals surface area contributed by atoms with Crippen molar-refractivity contribution >= 4 is 18.0 Å². The van der Waals surface area contributed by atoms with Crippen LogP contribution in [0.25, 0.3) is 6.08 Å². The fourth-order valence-electron chi connectivity index (χ4n) is 2.38. The molecule has 0 fully saturated rings. The third-order valence-corrected chi connectivity index (χ3v) is 3.65. The van der Waals surface area contributed by atoms with E-state index < -0.39 is 23.3 Å². The van der Waals surface area contributed by atoms with Crippen molar-refractivity contribution in [1.82, 2.24) is 9.97 Å². The Kier molecular flexibility index (Phi) is 5.86. The van der Waals surface area contributed by atoms with Gasteiger partial charge in [-0.3, -0.25) is 4.79 Å². The maximum atomic E-state index is 11.1. The number of carboxylic acid groups (broad SMARTS) is 2. The average molecular weight is 304 g/mol. The molecule has 0 saturated heterocycles. The molecule has 1 aromatic heterocycles. The van der Waals surface area contributed by atoms with Gasteiger partial charge in [-0.25, -0.2) is 9.78 Å². The van der Waals surface area contributed by atoms with Crippen LogP contribution >= 0.6 is 0 Å². The second-order valence-electron chi connectivity index (χ2n) is 5.01. The predicted molar refractivity (Wildman–Crippen MR) is 83.1 cm³/mol. The van der Waals surface area contributed by atoms with Crippen molar-refractivity contribution in [3.05, 3.63) is 48.6 Å². The summed E-state index contributed by atoms with van der Waals surface area (Å²) in [4.78, 5) is 28.8. The van der Waals surface area contributed by atoms with E-state index in [1.54, 1.807) is 38.4 Å². The van der Waals surface area contributed by atoms with E-state index >= 15 is 0 Å². The maximum absolute atomic E-state index is 11.1. The first kappa shape index (κ1) is 17.4. The molecule has 2 atom stereocenters. The molecule has 22 heavy (non-hydrogen) atoms. The van der Waals surface area contributed by atoms with Crippen molar-refractivity contribution in [3.8, 4) is 0 Å². The monoisotopic (exact) mass is 304 g/mol. The zero-order chi connectivity index (χ0) is 16.8. The maximum Gasteiger partial charge on any atom is 0.331 e. The molecule has 0 radical (unpaired) electrons. The molecule has 1 heterocycles. The average Bonchev–Trinajstić information content (AvgIpc) is 3.00. The Morgan fingerprint density at radius 3 is 2.55 bits per heavy atom. The number of hydrogen-bond donors (Lipinski definition) is 3. The lowest BCUT2D eigenvalue weighted by molar-refractivity contribution is -0.147. The summed E-state index contributed by atoms with van der Waals surface area (Å²) in [5, 5.41) is 18.1. The van der Waals surface area contributed by atoms with Gasteiger partial charge >= 0.3 is 11.9 Å². The molecule has 2 rings (SSSR count). The van der Waals surface area contributed by atoms with E-state index in [9.17, 15) is 9.59 Å². The molecule has 0 bridgehead atoms. The number of rotatable bonds is 4. The van der Waals surface area contributed by atoms with Crippen molar-refractivity contribution in [2.45, 2.75) is 20.3 Å². The lowest BCUT2D eigenvalue weighted by Gasteiger charge is -2.33. The van der Waals surface area contributed by atoms with E-state index in [0.29, 0.717) is 6.42 Å². The number of carbonyl (C=O) groups is 2. The molecule has 1 aliphatic rings. The largest absolute Gasteiger partial charge is 0.481 e. The Morgan fingerprint density at radius 2 is 2.18 bits per heavy atom. The molecule has 0 amide bonds. The Balaban J connectivity index is 0.000000287. The van der Waals surface area contributed by atoms with Gasteiger partial charge in [0, 0.05) is 23.9 Å². The van der Waals surface area contributed by atoms with Crippen LogP contribution in [0.2, 0.25) is 0 Å². The molecule has 0 aliphatic heterocycles. The van der Waals surface area contributed by atoms with E-state index in [-0.39, 0.29) is 5.57 Å². The first-order valence-electron chi connectivity index (χ1n) is 6.84. The summed E-state index contributed by atoms with van der Waals surface area (Å²) in [6, 6.07) is 0. The minimum atomic E-state index is -1.11. The Hall–Kier alpha value is -2.63. The van der Waals surface area contributed by atoms with Crippen LogP contribution < -0.4 is 0 Å². The fourth-order valence-corrected chi connectivity index (χ4v) is 2.38. The van der Waals surface area contributed by atoms with Gasteiger partial charge in [0.05, 0.1) is 5.41 Å². The normalized spacial score (nSPS) is 23.0. The summed E-state index contributed by atoms with van der Waals surface area (Å²) in [6.07, 6.45) is 10.1. The highest BCUT2D eigenvalue weighted by atomic mass is 16.4. The zero-order valence-corrected chi connectivity index (χ0v) is 12.6. The van der Waals surface area contributed by atoms with E-state index in [4.69, 9.17) is 10.2 Å². The third-order valence-electron chi connectivity index (χ3n) is 3.65. The number of imidazole rings is 1. The van der Waals surface area contributed by atoms with Gasteiger partial charge in [0.25, 0.3) is 0 Å². The van der Waals surface area contributed by atoms with Crippen molar-refractivity contribution in [1.29, 1.82) is 0 Å². The molecule has 1 aromatic rings. The van der Waals surface area contributed by atoms with Gasteiger partial charge in [-0.1, -0.05) is 31.7 Å². The van der Waals surface area contributed by atoms with Gasteiger partial charge in [0.2, 0.25) is 0 Å². The van der Waals surface area contributed by atoms with Crippen LogP contribution in [0.15, 0.2) is 42.8 Å². The first-order valence-corrected chi connectivity index (χ1v) is 6.84. The quantitative estimate of drug-likeness (QED) is 0.793. The number of aromatic amines is 1. The van der Waals surface area contributed by atoms with Crippen LogP contribution in [0.3, 0.4) is 0 Å². The van der Waals surface area contributed by atoms with Gasteiger partial charge in [0.1, 0.15) is 5.82 Å². The van der Waals surface area contributed by atoms with Crippen molar-refractivity contribution < 1.29 is 19.8 Å². The summed E-state index contributed by atoms with van der Waals surface area (Å²) in [5.41, 5.74) is -0.943. The van der Waals surface area contributed by atoms with Crippen molar-refractivity contribution in [2.75, 3.05) is 0 Å². The van der Waals surface area contributed by atoms with Gasteiger partial charge in [-0.2, -0.15) is 0 Å². The van der Waals surface area contributed by atoms with E-state index in [1.807, 2.05) is 0 Å². The molecule has 0 spiro atoms. The molecular weight excluding hydrogens is 284 g/mol. The molecule has 1 aliphatic carbocycles. The van der Waals surface area contributed by atoms with Gasteiger partial charge in [-0.15, -0.1) is 0 Å². The minimum absolute atomic E-state index is 0.171. The summed E-state index contributed by atoms with van der Waals surface area (Å²) in [7, 11) is 0. The molecule has 6 nitrogen and oxygen atoms in total. The Bertz CT molecular complexity index is 602. The molecule has 6 heteroatoms. The second kappa shape index (κ2) is 7.40. The number of nitrogens with zero attached hydrogens (tertiary/aromatic N) is 1. The van der Waals surface area contributed by atoms with Crippen LogP contribution in [-0.2, 0) is 9.59 Å². The third kappa shape index (κ3) is 3.72. The number of hydrogen-bond acceptors (Lipinski definition) is 3. The van der Waals surface area contributed by atoms with Crippen LogP contribution in [-0.4, -0.2) is 32.1 Å². The lowest BCUT2D eigenvalue weighted by atomic mass is 9.69. The molecule has 118 valence electrons. The van der Waals surface area contributed by atoms with Crippen LogP contribution in [0, 0.1) is 11.3 Å². The number of aromatic nitrogens is 2. The van der Waals surface area contributed by atoms with Crippen LogP contribution in [0.1, 0.15) is 26.1 Å². The molecule has 3 N–H and O–H groups in total. The summed E-state index contributed by atoms with van der Waals surface area (Å²) >= 11 is 0. The smallest absolute Gasteiger partial charge is 0.331 e. The summed E-state index contributed by atoms with van der Waals surface area (Å²) < 4.78 is 0. The summed E-state index contributed by atoms with van der Waals surface area (Å²) in [6.45, 7) is 6.85. The van der Waals surface area contributed by atoms with Crippen LogP contribution in [0.4, 0.5) is 0 Å². The Labute approximate surface area is 128 Å². The second-order valence-corrected chi connectivity index (χ2v) is 5.01. The van der Waals surface area contributed by atoms with E-state index in [0.717, 1.165) is 5.82 Å². The standard InChI is InChI=1S/C11H14O4.C5H6N2/c1-3-8-7(9(12)13)5-4-6-11(8,2)10(14)15;1-2-5-6-3-4-7-5/h4-6,8H,3H2,1-2H3,(H,12,13)(H,14,15);2-4H,1H2,(H,6,7). The van der Waals surface area contributed by atoms with E-state index in [1.165, 1.54) is 12.2 Å². The molecular formula is C16H20N2O4. The minimum Gasteiger partial charge on any atom is -0.481 e. The van der Waals surface area contributed by atoms with E-state index in [2.05, 4.69) is 16.5 Å². The topological polar surface area (TPSA) is 103 Å². The van der Waals surface area contributed by atoms with Gasteiger partial charge < -0.3 is 15.2 Å². The number of carboxylic acids is 2. The molecule has 0 saturated carbocycles. The number of H-pyrrole nitrogens is 1. The number of nitrogens with one attached hydrogen (secondary N) is 1. The highest BCUT2D eigenvalue weighted by Crippen LogP contribution is 2.39. The molecule has 2 unspecified atom stereocenters. The molecule has 0 aromatic carbocycles. The highest BCUT2D eigenvalue weighted by Gasteiger charge is 2.43. The first-order chi connectivity index (χ1) is 10.4. The van der Waals surface area contributed by atoms with Gasteiger partial charge in [-0.05, 0) is 19.4 Å². The van der Waals surface area contributed by atoms with Crippen LogP contribution in [0.5, 0.6) is 0 Å². The number of allylic oxidation sites excluding steroid dienone is 2. The lowest BCUT2D eigenvalue weighted by Crippen LogP contribution is -2.38.